The van der Waals surface area contributed by atoms with Crippen LogP contribution in [0.15, 0.2) is 60.7 Å². The van der Waals surface area contributed by atoms with Crippen LogP contribution in [0.1, 0.15) is 54.4 Å². The first-order chi connectivity index (χ1) is 14.5. The molecule has 0 amide bonds. The molecule has 0 spiro atoms. The lowest BCUT2D eigenvalue weighted by atomic mass is 9.97. The van der Waals surface area contributed by atoms with Crippen LogP contribution in [0, 0.1) is 5.41 Å². The van der Waals surface area contributed by atoms with Crippen molar-refractivity contribution in [2.24, 2.45) is 5.41 Å². The molecule has 170 valence electrons. The lowest BCUT2D eigenvalue weighted by Crippen LogP contribution is -2.67. The third kappa shape index (κ3) is 6.51. The highest BCUT2D eigenvalue weighted by atomic mass is 28.4. The second-order valence-electron chi connectivity index (χ2n) is 10.2. The molecular formula is C26H38O4Si. The molecule has 2 aromatic rings. The predicted octanol–water partition coefficient (Wildman–Crippen LogP) is 4.29. The summed E-state index contributed by atoms with van der Waals surface area (Å²) in [7, 11) is -2.65. The maximum absolute atomic E-state index is 11.9. The van der Waals surface area contributed by atoms with Gasteiger partial charge in [0.1, 0.15) is 0 Å². The maximum atomic E-state index is 11.9. The van der Waals surface area contributed by atoms with Gasteiger partial charge in [-0.3, -0.25) is 4.79 Å². The Morgan fingerprint density at radius 1 is 0.903 bits per heavy atom. The van der Waals surface area contributed by atoms with Gasteiger partial charge >= 0.3 is 5.97 Å². The molecule has 2 aromatic carbocycles. The Labute approximate surface area is 188 Å². The molecule has 0 saturated heterocycles. The Morgan fingerprint density at radius 3 is 1.81 bits per heavy atom. The Hall–Kier alpha value is -1.95. The van der Waals surface area contributed by atoms with E-state index >= 15 is 0 Å². The molecule has 0 aliphatic carbocycles. The monoisotopic (exact) mass is 442 g/mol. The molecule has 0 aromatic heterocycles. The number of aliphatic hydroxyl groups is 1. The SMILES string of the molecule is CC(C)(C)C(=O)OCCC[C@H](O)CO[Si](c1ccccc1)(c1ccccc1)C(C)(C)C. The molecule has 0 bridgehead atoms. The van der Waals surface area contributed by atoms with Crippen LogP contribution in [-0.2, 0) is 14.0 Å². The van der Waals surface area contributed by atoms with Crippen molar-refractivity contribution >= 4 is 24.7 Å². The third-order valence-corrected chi connectivity index (χ3v) is 10.4. The highest BCUT2D eigenvalue weighted by molar-refractivity contribution is 6.99. The number of carbonyl (C=O) groups is 1. The lowest BCUT2D eigenvalue weighted by Gasteiger charge is -2.43. The molecule has 0 saturated carbocycles. The van der Waals surface area contributed by atoms with Gasteiger partial charge in [0.05, 0.1) is 24.7 Å². The van der Waals surface area contributed by atoms with E-state index in [4.69, 9.17) is 9.16 Å². The molecule has 4 nitrogen and oxygen atoms in total. The molecule has 0 radical (unpaired) electrons. The summed E-state index contributed by atoms with van der Waals surface area (Å²) >= 11 is 0. The van der Waals surface area contributed by atoms with Gasteiger partial charge < -0.3 is 14.3 Å². The van der Waals surface area contributed by atoms with Gasteiger partial charge in [-0.15, -0.1) is 0 Å². The number of aliphatic hydroxyl groups excluding tert-OH is 1. The van der Waals surface area contributed by atoms with E-state index in [0.717, 1.165) is 0 Å². The summed E-state index contributed by atoms with van der Waals surface area (Å²) in [4.78, 5) is 11.9. The normalized spacial score (nSPS) is 13.6. The second-order valence-corrected chi connectivity index (χ2v) is 14.5. The average molecular weight is 443 g/mol. The van der Waals surface area contributed by atoms with E-state index in [1.165, 1.54) is 10.4 Å². The van der Waals surface area contributed by atoms with Crippen molar-refractivity contribution in [1.82, 2.24) is 0 Å². The van der Waals surface area contributed by atoms with Crippen LogP contribution in [0.4, 0.5) is 0 Å². The molecule has 5 heteroatoms. The van der Waals surface area contributed by atoms with E-state index in [-0.39, 0.29) is 17.6 Å². The Kier molecular flexibility index (Phi) is 8.63. The number of ether oxygens (including phenoxy) is 1. The van der Waals surface area contributed by atoms with Gasteiger partial charge in [0, 0.05) is 0 Å². The number of hydrogen-bond acceptors (Lipinski definition) is 4. The molecule has 1 N–H and O–H groups in total. The fraction of sp³-hybridized carbons (Fsp3) is 0.500. The summed E-state index contributed by atoms with van der Waals surface area (Å²) in [6.07, 6.45) is 0.512. The van der Waals surface area contributed by atoms with Gasteiger partial charge in [-0.1, -0.05) is 81.4 Å². The van der Waals surface area contributed by atoms with Crippen molar-refractivity contribution in [2.45, 2.75) is 65.5 Å². The first-order valence-corrected chi connectivity index (χ1v) is 13.0. The minimum absolute atomic E-state index is 0.127. The largest absolute Gasteiger partial charge is 0.465 e. The molecule has 31 heavy (non-hydrogen) atoms. The predicted molar refractivity (Wildman–Crippen MR) is 129 cm³/mol. The van der Waals surface area contributed by atoms with Gasteiger partial charge in [-0.05, 0) is 49.0 Å². The van der Waals surface area contributed by atoms with E-state index in [1.54, 1.807) is 0 Å². The van der Waals surface area contributed by atoms with Gasteiger partial charge in [0.25, 0.3) is 8.32 Å². The lowest BCUT2D eigenvalue weighted by molar-refractivity contribution is -0.153. The Balaban J connectivity index is 2.13. The molecule has 2 rings (SSSR count). The first-order valence-electron chi connectivity index (χ1n) is 11.1. The van der Waals surface area contributed by atoms with Crippen molar-refractivity contribution in [2.75, 3.05) is 13.2 Å². The van der Waals surface area contributed by atoms with Crippen LogP contribution in [0.25, 0.3) is 0 Å². The summed E-state index contributed by atoms with van der Waals surface area (Å²) in [6.45, 7) is 12.7. The second kappa shape index (κ2) is 10.6. The van der Waals surface area contributed by atoms with Gasteiger partial charge in [0.2, 0.25) is 0 Å². The summed E-state index contributed by atoms with van der Waals surface area (Å²) in [5.41, 5.74) is -0.509. The maximum Gasteiger partial charge on any atom is 0.311 e. The topological polar surface area (TPSA) is 55.8 Å². The Morgan fingerprint density at radius 2 is 1.39 bits per heavy atom. The minimum atomic E-state index is -2.65. The number of rotatable bonds is 9. The number of hydrogen-bond donors (Lipinski definition) is 1. The molecule has 0 fully saturated rings. The summed E-state index contributed by atoms with van der Waals surface area (Å²) < 4.78 is 12.1. The number of carbonyl (C=O) groups excluding carboxylic acids is 1. The highest BCUT2D eigenvalue weighted by Crippen LogP contribution is 2.36. The molecule has 1 atom stereocenters. The summed E-state index contributed by atoms with van der Waals surface area (Å²) in [5, 5.41) is 12.9. The van der Waals surface area contributed by atoms with Gasteiger partial charge in [0.15, 0.2) is 0 Å². The average Bonchev–Trinajstić information content (AvgIpc) is 2.71. The molecule has 0 aliphatic heterocycles. The van der Waals surface area contributed by atoms with Crippen molar-refractivity contribution in [3.8, 4) is 0 Å². The minimum Gasteiger partial charge on any atom is -0.465 e. The van der Waals surface area contributed by atoms with E-state index in [1.807, 2.05) is 32.9 Å². The van der Waals surface area contributed by atoms with Crippen LogP contribution in [-0.4, -0.2) is 38.7 Å². The van der Waals surface area contributed by atoms with Crippen molar-refractivity contribution in [3.63, 3.8) is 0 Å². The zero-order valence-corrected chi connectivity index (χ0v) is 20.9. The first kappa shape index (κ1) is 25.3. The fourth-order valence-corrected chi connectivity index (χ4v) is 8.36. The Bertz CT molecular complexity index is 767. The van der Waals surface area contributed by atoms with E-state index in [9.17, 15) is 9.90 Å². The van der Waals surface area contributed by atoms with Gasteiger partial charge in [-0.2, -0.15) is 0 Å². The van der Waals surface area contributed by atoms with Gasteiger partial charge in [-0.25, -0.2) is 0 Å². The zero-order valence-electron chi connectivity index (χ0n) is 19.9. The zero-order chi connectivity index (χ0) is 23.1. The summed E-state index contributed by atoms with van der Waals surface area (Å²) in [5.74, 6) is -0.217. The highest BCUT2D eigenvalue weighted by Gasteiger charge is 2.50. The third-order valence-electron chi connectivity index (χ3n) is 5.44. The summed E-state index contributed by atoms with van der Waals surface area (Å²) in [6, 6.07) is 20.8. The van der Waals surface area contributed by atoms with Crippen LogP contribution < -0.4 is 10.4 Å². The van der Waals surface area contributed by atoms with Crippen LogP contribution in [0.3, 0.4) is 0 Å². The molecule has 0 unspecified atom stereocenters. The van der Waals surface area contributed by atoms with Crippen molar-refractivity contribution in [3.05, 3.63) is 60.7 Å². The number of esters is 1. The molecular weight excluding hydrogens is 404 g/mol. The van der Waals surface area contributed by atoms with Crippen molar-refractivity contribution < 1.29 is 19.1 Å². The van der Waals surface area contributed by atoms with Crippen LogP contribution in [0.5, 0.6) is 0 Å². The standard InChI is InChI=1S/C26H38O4Si/c1-25(2,3)24(28)29-19-13-14-21(27)20-30-31(26(4,5)6,22-15-9-7-10-16-22)23-17-11-8-12-18-23/h7-12,15-18,21,27H,13-14,19-20H2,1-6H3/t21-/m0/s1. The fourth-order valence-electron chi connectivity index (χ4n) is 3.77. The van der Waals surface area contributed by atoms with Crippen LogP contribution in [0.2, 0.25) is 5.04 Å². The van der Waals surface area contributed by atoms with E-state index < -0.39 is 19.8 Å². The van der Waals surface area contributed by atoms with E-state index in [2.05, 4.69) is 69.3 Å². The van der Waals surface area contributed by atoms with Crippen molar-refractivity contribution in [1.29, 1.82) is 0 Å². The smallest absolute Gasteiger partial charge is 0.311 e. The quantitative estimate of drug-likeness (QED) is 0.357. The molecule has 0 heterocycles. The van der Waals surface area contributed by atoms with Crippen LogP contribution >= 0.6 is 0 Å². The number of benzene rings is 2. The van der Waals surface area contributed by atoms with E-state index in [0.29, 0.717) is 19.4 Å². The molecule has 0 aliphatic rings.